The van der Waals surface area contributed by atoms with Crippen LogP contribution in [0.1, 0.15) is 39.0 Å². The standard InChI is InChI=1S/C20H37ClN2O7S2/c1-11(21)14(18-16(25)15(24)17(26)20(30-18)31-2)23-19(27)13-7-6-12(8-9-22-13)5-4-10-32(3,28)29/h11-18,20,22,24-26H,4-10H2,1-3H3,(H,23,27)/t11-,12-,13-,14+,15?,16?,17+,18+,20?/m0/s1. The van der Waals surface area contributed by atoms with Crippen molar-refractivity contribution in [3.63, 3.8) is 0 Å². The number of rotatable bonds is 9. The van der Waals surface area contributed by atoms with Crippen LogP contribution in [-0.2, 0) is 19.4 Å². The van der Waals surface area contributed by atoms with Gasteiger partial charge in [0.2, 0.25) is 5.91 Å². The lowest BCUT2D eigenvalue weighted by Crippen LogP contribution is -2.65. The fourth-order valence-electron chi connectivity index (χ4n) is 4.35. The highest BCUT2D eigenvalue weighted by atomic mass is 35.5. The molecule has 2 aliphatic rings. The molecule has 2 rings (SSSR count). The summed E-state index contributed by atoms with van der Waals surface area (Å²) in [5.41, 5.74) is -0.753. The summed E-state index contributed by atoms with van der Waals surface area (Å²) in [4.78, 5) is 13.0. The van der Waals surface area contributed by atoms with E-state index in [0.29, 0.717) is 25.3 Å². The van der Waals surface area contributed by atoms with E-state index in [9.17, 15) is 28.5 Å². The van der Waals surface area contributed by atoms with E-state index in [4.69, 9.17) is 16.3 Å². The van der Waals surface area contributed by atoms with Crippen LogP contribution in [0.25, 0.3) is 0 Å². The average Bonchev–Trinajstić information content (AvgIpc) is 2.95. The highest BCUT2D eigenvalue weighted by molar-refractivity contribution is 7.99. The van der Waals surface area contributed by atoms with Crippen molar-refractivity contribution < 1.29 is 33.3 Å². The van der Waals surface area contributed by atoms with E-state index in [-0.39, 0.29) is 11.7 Å². The van der Waals surface area contributed by atoms with Gasteiger partial charge in [0, 0.05) is 12.0 Å². The summed E-state index contributed by atoms with van der Waals surface area (Å²) in [6.07, 6.45) is 1.62. The van der Waals surface area contributed by atoms with Gasteiger partial charge in [-0.1, -0.05) is 0 Å². The zero-order valence-corrected chi connectivity index (χ0v) is 21.2. The van der Waals surface area contributed by atoms with Gasteiger partial charge in [0.15, 0.2) is 0 Å². The van der Waals surface area contributed by atoms with E-state index >= 15 is 0 Å². The molecule has 0 aliphatic carbocycles. The summed E-state index contributed by atoms with van der Waals surface area (Å²) >= 11 is 7.52. The van der Waals surface area contributed by atoms with Crippen LogP contribution in [0, 0.1) is 5.92 Å². The topological polar surface area (TPSA) is 145 Å². The zero-order chi connectivity index (χ0) is 24.1. The first-order chi connectivity index (χ1) is 14.9. The first-order valence-corrected chi connectivity index (χ1v) is 14.8. The fourth-order valence-corrected chi connectivity index (χ4v) is 5.92. The minimum Gasteiger partial charge on any atom is -0.388 e. The van der Waals surface area contributed by atoms with Crippen molar-refractivity contribution in [2.24, 2.45) is 5.92 Å². The molecule has 2 aliphatic heterocycles. The molecule has 0 aromatic carbocycles. The number of carbonyl (C=O) groups excluding carboxylic acids is 1. The number of amides is 1. The Balaban J connectivity index is 1.96. The van der Waals surface area contributed by atoms with Gasteiger partial charge in [-0.15, -0.1) is 23.4 Å². The molecular formula is C20H37ClN2O7S2. The second-order valence-electron chi connectivity index (χ2n) is 8.90. The Morgan fingerprint density at radius 2 is 1.91 bits per heavy atom. The van der Waals surface area contributed by atoms with Gasteiger partial charge in [0.25, 0.3) is 0 Å². The average molecular weight is 517 g/mol. The Morgan fingerprint density at radius 1 is 1.22 bits per heavy atom. The highest BCUT2D eigenvalue weighted by Gasteiger charge is 2.48. The van der Waals surface area contributed by atoms with Crippen LogP contribution in [-0.4, -0.2) is 102 Å². The maximum Gasteiger partial charge on any atom is 0.237 e. The van der Waals surface area contributed by atoms with Gasteiger partial charge >= 0.3 is 0 Å². The lowest BCUT2D eigenvalue weighted by Gasteiger charge is -2.44. The van der Waals surface area contributed by atoms with Gasteiger partial charge in [-0.05, 0) is 57.7 Å². The summed E-state index contributed by atoms with van der Waals surface area (Å²) in [6, 6.07) is -1.22. The molecule has 32 heavy (non-hydrogen) atoms. The number of ether oxygens (including phenoxy) is 1. The molecule has 9 nitrogen and oxygen atoms in total. The molecule has 0 saturated carbocycles. The number of hydrogen-bond acceptors (Lipinski definition) is 9. The quantitative estimate of drug-likeness (QED) is 0.264. The van der Waals surface area contributed by atoms with Gasteiger partial charge in [-0.3, -0.25) is 4.79 Å². The van der Waals surface area contributed by atoms with E-state index in [0.717, 1.165) is 19.3 Å². The third-order valence-electron chi connectivity index (χ3n) is 6.25. The molecule has 3 unspecified atom stereocenters. The molecule has 5 N–H and O–H groups in total. The SMILES string of the molecule is CSC1O[C@H]([C@H](NC(=O)[C@@H]2CC[C@H](CCCS(C)(=O)=O)CCN2)[C@H](C)Cl)C(O)C(O)[C@H]1O. The van der Waals surface area contributed by atoms with Gasteiger partial charge in [-0.25, -0.2) is 8.42 Å². The second-order valence-corrected chi connectivity index (χ2v) is 12.8. The molecule has 2 fully saturated rings. The molecular weight excluding hydrogens is 480 g/mol. The molecule has 0 radical (unpaired) electrons. The molecule has 0 aromatic rings. The van der Waals surface area contributed by atoms with Crippen LogP contribution in [0.4, 0.5) is 0 Å². The maximum absolute atomic E-state index is 13.0. The number of nitrogens with one attached hydrogen (secondary N) is 2. The number of alkyl halides is 1. The number of aliphatic hydroxyl groups is 3. The van der Waals surface area contributed by atoms with Gasteiger partial charge < -0.3 is 30.7 Å². The smallest absolute Gasteiger partial charge is 0.237 e. The summed E-state index contributed by atoms with van der Waals surface area (Å²) in [5.74, 6) is 0.265. The van der Waals surface area contributed by atoms with Gasteiger partial charge in [0.05, 0.1) is 17.5 Å². The third-order valence-corrected chi connectivity index (χ3v) is 8.40. The van der Waals surface area contributed by atoms with Crippen molar-refractivity contribution in [3.05, 3.63) is 0 Å². The van der Waals surface area contributed by atoms with Crippen molar-refractivity contribution in [2.75, 3.05) is 24.8 Å². The van der Waals surface area contributed by atoms with E-state index in [1.165, 1.54) is 18.0 Å². The highest BCUT2D eigenvalue weighted by Crippen LogP contribution is 2.30. The number of thioether (sulfide) groups is 1. The lowest BCUT2D eigenvalue weighted by atomic mass is 9.92. The zero-order valence-electron chi connectivity index (χ0n) is 18.8. The predicted molar refractivity (Wildman–Crippen MR) is 126 cm³/mol. The number of halogens is 1. The monoisotopic (exact) mass is 516 g/mol. The van der Waals surface area contributed by atoms with E-state index < -0.39 is 57.1 Å². The Kier molecular flexibility index (Phi) is 11.0. The normalized spacial score (nSPS) is 36.2. The van der Waals surface area contributed by atoms with Crippen molar-refractivity contribution >= 4 is 39.1 Å². The number of aliphatic hydroxyl groups excluding tert-OH is 3. The molecule has 12 heteroatoms. The molecule has 1 amide bonds. The lowest BCUT2D eigenvalue weighted by molar-refractivity contribution is -0.205. The number of hydrogen-bond donors (Lipinski definition) is 5. The van der Waals surface area contributed by atoms with E-state index in [1.807, 2.05) is 0 Å². The Morgan fingerprint density at radius 3 is 2.50 bits per heavy atom. The molecule has 0 bridgehead atoms. The van der Waals surface area contributed by atoms with Crippen LogP contribution in [0.3, 0.4) is 0 Å². The van der Waals surface area contributed by atoms with Gasteiger partial charge in [0.1, 0.15) is 39.7 Å². The molecule has 2 heterocycles. The number of sulfone groups is 1. The second kappa shape index (κ2) is 12.5. The predicted octanol–water partition coefficient (Wildman–Crippen LogP) is -0.148. The summed E-state index contributed by atoms with van der Waals surface area (Å²) in [7, 11) is -2.97. The van der Waals surface area contributed by atoms with E-state index in [2.05, 4.69) is 10.6 Å². The fraction of sp³-hybridized carbons (Fsp3) is 0.950. The number of carbonyl (C=O) groups is 1. The third kappa shape index (κ3) is 7.97. The van der Waals surface area contributed by atoms with Crippen molar-refractivity contribution in [2.45, 2.75) is 86.3 Å². The van der Waals surface area contributed by atoms with E-state index in [1.54, 1.807) is 13.2 Å². The maximum atomic E-state index is 13.0. The Bertz CT molecular complexity index is 710. The van der Waals surface area contributed by atoms with Crippen LogP contribution >= 0.6 is 23.4 Å². The van der Waals surface area contributed by atoms with Crippen LogP contribution in [0.15, 0.2) is 0 Å². The summed E-state index contributed by atoms with van der Waals surface area (Å²) in [6.45, 7) is 2.32. The largest absolute Gasteiger partial charge is 0.388 e. The first-order valence-electron chi connectivity index (χ1n) is 11.0. The minimum absolute atomic E-state index is 0.178. The summed E-state index contributed by atoms with van der Waals surface area (Å²) in [5, 5.41) is 36.3. The van der Waals surface area contributed by atoms with Crippen molar-refractivity contribution in [1.82, 2.24) is 10.6 Å². The van der Waals surface area contributed by atoms with Gasteiger partial charge in [-0.2, -0.15) is 0 Å². The first kappa shape index (κ1) is 28.1. The molecule has 0 aromatic heterocycles. The molecule has 188 valence electrons. The van der Waals surface area contributed by atoms with Crippen molar-refractivity contribution in [1.29, 1.82) is 0 Å². The Hall–Kier alpha value is -0.140. The van der Waals surface area contributed by atoms with Crippen LogP contribution in [0.5, 0.6) is 0 Å². The molecule has 2 saturated heterocycles. The molecule has 9 atom stereocenters. The summed E-state index contributed by atoms with van der Waals surface area (Å²) < 4.78 is 28.5. The van der Waals surface area contributed by atoms with Crippen LogP contribution in [0.2, 0.25) is 0 Å². The molecule has 0 spiro atoms. The minimum atomic E-state index is -2.97. The van der Waals surface area contributed by atoms with Crippen LogP contribution < -0.4 is 10.6 Å². The van der Waals surface area contributed by atoms with Crippen molar-refractivity contribution in [3.8, 4) is 0 Å². The Labute approximate surface area is 199 Å².